The highest BCUT2D eigenvalue weighted by atomic mass is 35.5. The van der Waals surface area contributed by atoms with Gasteiger partial charge in [-0.25, -0.2) is 4.39 Å². The summed E-state index contributed by atoms with van der Waals surface area (Å²) in [6, 6.07) is 14.3. The molecule has 10 heteroatoms. The van der Waals surface area contributed by atoms with Gasteiger partial charge in [-0.3, -0.25) is 4.79 Å². The lowest BCUT2D eigenvalue weighted by atomic mass is 10.0. The fourth-order valence-corrected chi connectivity index (χ4v) is 6.10. The molecule has 2 aromatic carbocycles. The maximum atomic E-state index is 13.4. The molecule has 1 aromatic heterocycles. The molecule has 2 N–H and O–H groups in total. The zero-order valence-electron chi connectivity index (χ0n) is 17.1. The van der Waals surface area contributed by atoms with Crippen molar-refractivity contribution in [1.29, 1.82) is 0 Å². The first-order valence-corrected chi connectivity index (χ1v) is 12.5. The van der Waals surface area contributed by atoms with Gasteiger partial charge < -0.3 is 5.32 Å². The molecule has 0 aliphatic carbocycles. The van der Waals surface area contributed by atoms with Crippen LogP contribution in [0.2, 0.25) is 5.02 Å². The molecular formula is C22H21ClFN3O3S2. The molecule has 168 valence electrons. The van der Waals surface area contributed by atoms with E-state index in [4.69, 9.17) is 11.6 Å². The van der Waals surface area contributed by atoms with E-state index in [9.17, 15) is 17.6 Å². The molecule has 3 aromatic rings. The molecule has 6 nitrogen and oxygen atoms in total. The highest BCUT2D eigenvalue weighted by Gasteiger charge is 2.41. The van der Waals surface area contributed by atoms with Gasteiger partial charge in [0.2, 0.25) is 5.91 Å². The Morgan fingerprint density at radius 1 is 1.22 bits per heavy atom. The number of benzene rings is 2. The summed E-state index contributed by atoms with van der Waals surface area (Å²) in [5.74, 6) is -1.11. The molecule has 0 bridgehead atoms. The number of hydrogen-bond donors (Lipinski definition) is 2. The fourth-order valence-electron chi connectivity index (χ4n) is 3.60. The summed E-state index contributed by atoms with van der Waals surface area (Å²) in [5, 5.41) is 4.51. The van der Waals surface area contributed by atoms with E-state index in [1.165, 1.54) is 30.5 Å². The van der Waals surface area contributed by atoms with Crippen molar-refractivity contribution in [2.24, 2.45) is 0 Å². The second-order valence-electron chi connectivity index (χ2n) is 7.58. The van der Waals surface area contributed by atoms with Gasteiger partial charge in [0.15, 0.2) is 0 Å². The summed E-state index contributed by atoms with van der Waals surface area (Å²) in [6.45, 7) is 0. The summed E-state index contributed by atoms with van der Waals surface area (Å²) < 4.78 is 42.5. The third-order valence-corrected chi connectivity index (χ3v) is 8.31. The van der Waals surface area contributed by atoms with E-state index in [2.05, 4.69) is 10.0 Å². The maximum absolute atomic E-state index is 13.4. The minimum Gasteiger partial charge on any atom is -0.325 e. The largest absolute Gasteiger partial charge is 0.325 e. The maximum Gasteiger partial charge on any atom is 0.280 e. The quantitative estimate of drug-likeness (QED) is 0.554. The molecule has 4 rings (SSSR count). The lowest BCUT2D eigenvalue weighted by Gasteiger charge is -2.35. The van der Waals surface area contributed by atoms with Gasteiger partial charge in [-0.2, -0.15) is 17.4 Å². The van der Waals surface area contributed by atoms with Crippen LogP contribution in [0, 0.1) is 5.82 Å². The molecule has 2 heterocycles. The zero-order valence-corrected chi connectivity index (χ0v) is 19.5. The number of nitrogens with one attached hydrogen (secondary N) is 2. The topological polar surface area (TPSA) is 78.5 Å². The van der Waals surface area contributed by atoms with E-state index in [1.807, 2.05) is 41.8 Å². The summed E-state index contributed by atoms with van der Waals surface area (Å²) in [7, 11) is -2.51. The summed E-state index contributed by atoms with van der Waals surface area (Å²) in [4.78, 5) is 13.7. The van der Waals surface area contributed by atoms with Crippen LogP contribution < -0.4 is 10.0 Å². The molecule has 1 aliphatic rings. The van der Waals surface area contributed by atoms with Gasteiger partial charge in [-0.15, -0.1) is 11.3 Å². The monoisotopic (exact) mass is 493 g/mol. The summed E-state index contributed by atoms with van der Waals surface area (Å²) in [5.41, 5.74) is 2.54. The number of rotatable bonds is 5. The third-order valence-electron chi connectivity index (χ3n) is 5.33. The van der Waals surface area contributed by atoms with Crippen LogP contribution in [-0.2, 0) is 21.4 Å². The van der Waals surface area contributed by atoms with Crippen molar-refractivity contribution in [1.82, 2.24) is 9.03 Å². The normalized spacial score (nSPS) is 20.7. The number of anilines is 1. The predicted octanol–water partition coefficient (Wildman–Crippen LogP) is 4.35. The molecular weight excluding hydrogens is 473 g/mol. The lowest BCUT2D eigenvalue weighted by Crippen LogP contribution is -2.55. The highest BCUT2D eigenvalue weighted by molar-refractivity contribution is 7.87. The lowest BCUT2D eigenvalue weighted by molar-refractivity contribution is -0.120. The number of amides is 1. The van der Waals surface area contributed by atoms with Crippen molar-refractivity contribution in [2.75, 3.05) is 12.4 Å². The standard InChI is InChI=1S/C22H21ClFN3O3S2/c1-27-20(22(28)25-16-7-8-18(24)17(23)11-16)12-19(26-32(27,29)30)21-10-15(13-31-21)9-14-5-3-2-4-6-14/h2-8,10-11,13,19-20,26H,9,12H2,1H3,(H,25,28)/t19-,20+/m0/s1. The Bertz CT molecular complexity index is 1230. The first-order valence-electron chi connectivity index (χ1n) is 9.85. The Morgan fingerprint density at radius 2 is 1.97 bits per heavy atom. The number of thiophene rings is 1. The van der Waals surface area contributed by atoms with Crippen molar-refractivity contribution in [2.45, 2.75) is 24.9 Å². The van der Waals surface area contributed by atoms with Gasteiger partial charge >= 0.3 is 0 Å². The van der Waals surface area contributed by atoms with Crippen molar-refractivity contribution in [3.63, 3.8) is 0 Å². The number of likely N-dealkylation sites (N-methyl/N-ethyl adjacent to an activating group) is 1. The third kappa shape index (κ3) is 5.02. The molecule has 0 radical (unpaired) electrons. The second kappa shape index (κ2) is 9.29. The smallest absolute Gasteiger partial charge is 0.280 e. The van der Waals surface area contributed by atoms with E-state index in [0.29, 0.717) is 5.69 Å². The second-order valence-corrected chi connectivity index (χ2v) is 10.7. The molecule has 1 amide bonds. The molecule has 1 aliphatic heterocycles. The SMILES string of the molecule is CN1[C@@H](C(=O)Nc2ccc(F)c(Cl)c2)C[C@@H](c2cc(Cc3ccccc3)cs2)NS1(=O)=O. The van der Waals surface area contributed by atoms with Crippen LogP contribution in [0.15, 0.2) is 60.0 Å². The number of hydrogen-bond acceptors (Lipinski definition) is 4. The average molecular weight is 494 g/mol. The molecule has 0 spiro atoms. The summed E-state index contributed by atoms with van der Waals surface area (Å²) >= 11 is 7.24. The molecule has 32 heavy (non-hydrogen) atoms. The van der Waals surface area contributed by atoms with E-state index in [-0.39, 0.29) is 11.4 Å². The van der Waals surface area contributed by atoms with Crippen molar-refractivity contribution in [3.8, 4) is 0 Å². The van der Waals surface area contributed by atoms with Crippen LogP contribution >= 0.6 is 22.9 Å². The Labute approximate surface area is 195 Å². The van der Waals surface area contributed by atoms with E-state index in [1.54, 1.807) is 0 Å². The Hall–Kier alpha value is -2.30. The van der Waals surface area contributed by atoms with Crippen LogP contribution in [0.3, 0.4) is 0 Å². The van der Waals surface area contributed by atoms with Gasteiger partial charge in [0.1, 0.15) is 11.9 Å². The van der Waals surface area contributed by atoms with Crippen LogP contribution in [0.25, 0.3) is 0 Å². The molecule has 0 saturated carbocycles. The Balaban J connectivity index is 1.52. The van der Waals surface area contributed by atoms with Gasteiger partial charge in [0, 0.05) is 17.6 Å². The summed E-state index contributed by atoms with van der Waals surface area (Å²) in [6.07, 6.45) is 0.994. The van der Waals surface area contributed by atoms with Crippen LogP contribution in [0.1, 0.15) is 28.5 Å². The van der Waals surface area contributed by atoms with E-state index in [0.717, 1.165) is 32.8 Å². The van der Waals surface area contributed by atoms with Crippen molar-refractivity contribution >= 4 is 44.7 Å². The molecule has 0 unspecified atom stereocenters. The van der Waals surface area contributed by atoms with Gasteiger partial charge in [0.25, 0.3) is 10.2 Å². The van der Waals surface area contributed by atoms with E-state index >= 15 is 0 Å². The number of halogens is 2. The predicted molar refractivity (Wildman–Crippen MR) is 125 cm³/mol. The van der Waals surface area contributed by atoms with Crippen LogP contribution in [0.5, 0.6) is 0 Å². The van der Waals surface area contributed by atoms with E-state index < -0.39 is 34.0 Å². The van der Waals surface area contributed by atoms with Gasteiger partial charge in [-0.05, 0) is 53.6 Å². The molecule has 1 saturated heterocycles. The first kappa shape index (κ1) is 22.9. The average Bonchev–Trinajstić information content (AvgIpc) is 3.21. The highest BCUT2D eigenvalue weighted by Crippen LogP contribution is 2.33. The minimum atomic E-state index is -3.87. The minimum absolute atomic E-state index is 0.128. The van der Waals surface area contributed by atoms with Crippen molar-refractivity contribution < 1.29 is 17.6 Å². The molecule has 1 fully saturated rings. The number of carbonyl (C=O) groups excluding carboxylic acids is 1. The van der Waals surface area contributed by atoms with Crippen molar-refractivity contribution in [3.05, 3.63) is 86.8 Å². The Kier molecular flexibility index (Phi) is 6.64. The number of nitrogens with zero attached hydrogens (tertiary/aromatic N) is 1. The fraction of sp³-hybridized carbons (Fsp3) is 0.227. The van der Waals surface area contributed by atoms with Gasteiger partial charge in [0.05, 0.1) is 11.1 Å². The molecule has 2 atom stereocenters. The van der Waals surface area contributed by atoms with Crippen LogP contribution in [0.4, 0.5) is 10.1 Å². The Morgan fingerprint density at radius 3 is 2.69 bits per heavy atom. The van der Waals surface area contributed by atoms with Crippen LogP contribution in [-0.4, -0.2) is 31.7 Å². The first-order chi connectivity index (χ1) is 15.2. The number of carbonyl (C=O) groups is 1. The van der Waals surface area contributed by atoms with Gasteiger partial charge in [-0.1, -0.05) is 41.9 Å². The zero-order chi connectivity index (χ0) is 22.9.